The lowest BCUT2D eigenvalue weighted by Crippen LogP contribution is -2.17. The Morgan fingerprint density at radius 3 is 2.22 bits per heavy atom. The quantitative estimate of drug-likeness (QED) is 0.803. The summed E-state index contributed by atoms with van der Waals surface area (Å²) in [7, 11) is -3.21. The number of sulfone groups is 1. The summed E-state index contributed by atoms with van der Waals surface area (Å²) in [6.45, 7) is 0. The predicted octanol–water partition coefficient (Wildman–Crippen LogP) is 4.37. The maximum absolute atomic E-state index is 12.5. The van der Waals surface area contributed by atoms with Crippen LogP contribution in [-0.4, -0.2) is 19.7 Å². The molecule has 1 atom stereocenters. The second-order valence-electron chi connectivity index (χ2n) is 8.25. The van der Waals surface area contributed by atoms with E-state index in [0.717, 1.165) is 36.1 Å². The first-order valence-corrected chi connectivity index (χ1v) is 11.8. The third-order valence-electron chi connectivity index (χ3n) is 6.11. The highest BCUT2D eigenvalue weighted by molar-refractivity contribution is 7.90. The number of benzene rings is 1. The molecule has 2 aliphatic rings. The van der Waals surface area contributed by atoms with Crippen molar-refractivity contribution in [2.45, 2.75) is 61.7 Å². The molecule has 1 heterocycles. The molecule has 0 amide bonds. The van der Waals surface area contributed by atoms with Gasteiger partial charge in [-0.1, -0.05) is 43.9 Å². The van der Waals surface area contributed by atoms with E-state index >= 15 is 0 Å². The first kappa shape index (κ1) is 18.5. The fraction of sp³-hybridized carbons (Fsp3) is 0.500. The Kier molecular flexibility index (Phi) is 4.97. The van der Waals surface area contributed by atoms with E-state index in [-0.39, 0.29) is 11.5 Å². The van der Waals surface area contributed by atoms with E-state index in [1.54, 1.807) is 12.1 Å². The van der Waals surface area contributed by atoms with Gasteiger partial charge in [0.05, 0.1) is 4.90 Å². The first-order valence-electron chi connectivity index (χ1n) is 9.95. The second kappa shape index (κ2) is 7.27. The van der Waals surface area contributed by atoms with Gasteiger partial charge in [-0.05, 0) is 54.9 Å². The molecule has 0 spiro atoms. The molecule has 2 aromatic rings. The molecule has 0 bridgehead atoms. The van der Waals surface area contributed by atoms with Crippen molar-refractivity contribution in [2.75, 3.05) is 6.26 Å². The maximum atomic E-state index is 12.5. The Morgan fingerprint density at radius 2 is 1.67 bits per heavy atom. The average molecular weight is 386 g/mol. The van der Waals surface area contributed by atoms with Crippen molar-refractivity contribution in [2.24, 2.45) is 5.92 Å². The standard InChI is InChI=1S/C22H27NO3S/c1-27(25,26)18-10-8-17(9-11-18)20(14-15-4-2-3-5-15)21-13-12-19(16-6-7-16)22(24)23-21/h8-13,15-16,20H,2-7,14H2,1H3,(H,23,24). The van der Waals surface area contributed by atoms with E-state index in [4.69, 9.17) is 0 Å². The summed E-state index contributed by atoms with van der Waals surface area (Å²) < 4.78 is 23.5. The van der Waals surface area contributed by atoms with E-state index in [0.29, 0.717) is 16.7 Å². The SMILES string of the molecule is CS(=O)(=O)c1ccc(C(CC2CCCC2)c2ccc(C3CC3)c(=O)[nH]2)cc1. The topological polar surface area (TPSA) is 67.0 Å². The monoisotopic (exact) mass is 385 g/mol. The van der Waals surface area contributed by atoms with E-state index < -0.39 is 9.84 Å². The first-order chi connectivity index (χ1) is 12.9. The Labute approximate surface area is 160 Å². The Hall–Kier alpha value is -1.88. The summed E-state index contributed by atoms with van der Waals surface area (Å²) in [5, 5.41) is 0. The van der Waals surface area contributed by atoms with Crippen molar-refractivity contribution in [3.05, 3.63) is 63.6 Å². The highest BCUT2D eigenvalue weighted by atomic mass is 32.2. The lowest BCUT2D eigenvalue weighted by atomic mass is 9.85. The molecule has 0 saturated heterocycles. The van der Waals surface area contributed by atoms with Gasteiger partial charge in [0.15, 0.2) is 9.84 Å². The van der Waals surface area contributed by atoms with Crippen LogP contribution in [0.15, 0.2) is 46.1 Å². The van der Waals surface area contributed by atoms with Crippen molar-refractivity contribution in [3.8, 4) is 0 Å². The van der Waals surface area contributed by atoms with Gasteiger partial charge in [0, 0.05) is 23.4 Å². The molecule has 4 rings (SSSR count). The summed E-state index contributed by atoms with van der Waals surface area (Å²) >= 11 is 0. The minimum Gasteiger partial charge on any atom is -0.325 e. The van der Waals surface area contributed by atoms with Gasteiger partial charge in [0.25, 0.3) is 5.56 Å². The molecular formula is C22H27NO3S. The Bertz CT molecular complexity index is 965. The molecule has 5 heteroatoms. The number of hydrogen-bond acceptors (Lipinski definition) is 3. The number of rotatable bonds is 6. The van der Waals surface area contributed by atoms with E-state index in [1.165, 1.54) is 31.9 Å². The molecule has 144 valence electrons. The van der Waals surface area contributed by atoms with Gasteiger partial charge in [-0.25, -0.2) is 8.42 Å². The normalized spacial score (nSPS) is 19.3. The molecule has 0 aliphatic heterocycles. The lowest BCUT2D eigenvalue weighted by Gasteiger charge is -2.22. The van der Waals surface area contributed by atoms with Crippen LogP contribution in [0.4, 0.5) is 0 Å². The summed E-state index contributed by atoms with van der Waals surface area (Å²) in [6, 6.07) is 11.2. The molecule has 2 saturated carbocycles. The second-order valence-corrected chi connectivity index (χ2v) is 10.3. The summed E-state index contributed by atoms with van der Waals surface area (Å²) in [5.41, 5.74) is 2.97. The third kappa shape index (κ3) is 4.18. The number of pyridine rings is 1. The number of nitrogens with one attached hydrogen (secondary N) is 1. The van der Waals surface area contributed by atoms with Crippen molar-refractivity contribution in [3.63, 3.8) is 0 Å². The summed E-state index contributed by atoms with van der Waals surface area (Å²) in [5.74, 6) is 1.20. The smallest absolute Gasteiger partial charge is 0.251 e. The van der Waals surface area contributed by atoms with Crippen LogP contribution in [-0.2, 0) is 9.84 Å². The fourth-order valence-corrected chi connectivity index (χ4v) is 5.02. The maximum Gasteiger partial charge on any atom is 0.251 e. The van der Waals surface area contributed by atoms with Crippen LogP contribution in [0.2, 0.25) is 0 Å². The van der Waals surface area contributed by atoms with Gasteiger partial charge in [0.1, 0.15) is 0 Å². The van der Waals surface area contributed by atoms with E-state index in [2.05, 4.69) is 11.1 Å². The van der Waals surface area contributed by atoms with Crippen molar-refractivity contribution < 1.29 is 8.42 Å². The largest absolute Gasteiger partial charge is 0.325 e. The van der Waals surface area contributed by atoms with Crippen LogP contribution in [0, 0.1) is 5.92 Å². The molecular weight excluding hydrogens is 358 g/mol. The molecule has 1 unspecified atom stereocenters. The molecule has 27 heavy (non-hydrogen) atoms. The van der Waals surface area contributed by atoms with Gasteiger partial charge < -0.3 is 4.98 Å². The minimum absolute atomic E-state index is 0.0409. The van der Waals surface area contributed by atoms with E-state index in [9.17, 15) is 13.2 Å². The van der Waals surface area contributed by atoms with Gasteiger partial charge in [0.2, 0.25) is 0 Å². The molecule has 2 fully saturated rings. The molecule has 4 nitrogen and oxygen atoms in total. The van der Waals surface area contributed by atoms with Crippen molar-refractivity contribution >= 4 is 9.84 Å². The van der Waals surface area contributed by atoms with Gasteiger partial charge in [-0.2, -0.15) is 0 Å². The van der Waals surface area contributed by atoms with Crippen LogP contribution in [0.5, 0.6) is 0 Å². The van der Waals surface area contributed by atoms with Crippen molar-refractivity contribution in [1.82, 2.24) is 4.98 Å². The molecule has 1 aromatic carbocycles. The highest BCUT2D eigenvalue weighted by Gasteiger charge is 2.28. The lowest BCUT2D eigenvalue weighted by molar-refractivity contribution is 0.468. The van der Waals surface area contributed by atoms with Gasteiger partial charge in [-0.15, -0.1) is 0 Å². The van der Waals surface area contributed by atoms with Gasteiger partial charge >= 0.3 is 0 Å². The van der Waals surface area contributed by atoms with Crippen LogP contribution in [0.3, 0.4) is 0 Å². The molecule has 1 aromatic heterocycles. The van der Waals surface area contributed by atoms with Crippen LogP contribution >= 0.6 is 0 Å². The summed E-state index contributed by atoms with van der Waals surface area (Å²) in [4.78, 5) is 16.0. The Balaban J connectivity index is 1.68. The number of aromatic amines is 1. The predicted molar refractivity (Wildman–Crippen MR) is 107 cm³/mol. The number of H-pyrrole nitrogens is 1. The van der Waals surface area contributed by atoms with Gasteiger partial charge in [-0.3, -0.25) is 4.79 Å². The Morgan fingerprint density at radius 1 is 1.00 bits per heavy atom. The molecule has 1 N–H and O–H groups in total. The summed E-state index contributed by atoms with van der Waals surface area (Å²) in [6.07, 6.45) is 9.48. The molecule has 2 aliphatic carbocycles. The minimum atomic E-state index is -3.21. The van der Waals surface area contributed by atoms with Crippen LogP contribution < -0.4 is 5.56 Å². The molecule has 0 radical (unpaired) electrons. The zero-order chi connectivity index (χ0) is 19.0. The zero-order valence-corrected chi connectivity index (χ0v) is 16.6. The van der Waals surface area contributed by atoms with Crippen molar-refractivity contribution in [1.29, 1.82) is 0 Å². The fourth-order valence-electron chi connectivity index (χ4n) is 4.39. The third-order valence-corrected chi connectivity index (χ3v) is 7.24. The van der Waals surface area contributed by atoms with Crippen LogP contribution in [0.25, 0.3) is 0 Å². The van der Waals surface area contributed by atoms with E-state index in [1.807, 2.05) is 18.2 Å². The number of hydrogen-bond donors (Lipinski definition) is 1. The van der Waals surface area contributed by atoms with Crippen LogP contribution in [0.1, 0.15) is 73.6 Å². The average Bonchev–Trinajstić information content (AvgIpc) is 3.34. The highest BCUT2D eigenvalue weighted by Crippen LogP contribution is 2.40. The number of aromatic nitrogens is 1. The zero-order valence-electron chi connectivity index (χ0n) is 15.8.